The number of anilines is 3. The summed E-state index contributed by atoms with van der Waals surface area (Å²) in [4.78, 5) is 16.4. The fourth-order valence-corrected chi connectivity index (χ4v) is 3.40. The molecule has 1 heterocycles. The van der Waals surface area contributed by atoms with E-state index in [-0.39, 0.29) is 6.04 Å². The second-order valence-corrected chi connectivity index (χ2v) is 6.83. The highest BCUT2D eigenvalue weighted by molar-refractivity contribution is 5.98. The summed E-state index contributed by atoms with van der Waals surface area (Å²) in [7, 11) is 0. The number of hydrogen-bond acceptors (Lipinski definition) is 5. The van der Waals surface area contributed by atoms with E-state index < -0.39 is 5.91 Å². The number of para-hydroxylation sites is 1. The standard InChI is InChI=1S/C20H27N5O/c1-15(23-19-5-3-2-4-18(19)20(22)26)14-24-10-12-25(13-11-24)17-8-6-16(21)7-9-17/h2-9,15,23H,10-14,21H2,1H3,(H2,22,26). The molecule has 2 aromatic rings. The number of rotatable bonds is 6. The minimum absolute atomic E-state index is 0.221. The molecule has 1 unspecified atom stereocenters. The number of carbonyl (C=O) groups is 1. The van der Waals surface area contributed by atoms with Gasteiger partial charge >= 0.3 is 0 Å². The van der Waals surface area contributed by atoms with Gasteiger partial charge in [-0.2, -0.15) is 0 Å². The molecule has 1 aliphatic rings. The number of primary amides is 1. The van der Waals surface area contributed by atoms with Crippen LogP contribution in [0, 0.1) is 0 Å². The molecule has 6 nitrogen and oxygen atoms in total. The Hall–Kier alpha value is -2.73. The van der Waals surface area contributed by atoms with Crippen molar-refractivity contribution in [3.8, 4) is 0 Å². The molecule has 0 aromatic heterocycles. The van der Waals surface area contributed by atoms with Crippen LogP contribution in [0.3, 0.4) is 0 Å². The van der Waals surface area contributed by atoms with Crippen LogP contribution in [-0.4, -0.2) is 49.6 Å². The number of hydrogen-bond donors (Lipinski definition) is 3. The van der Waals surface area contributed by atoms with Gasteiger partial charge in [0.15, 0.2) is 0 Å². The molecule has 0 saturated carbocycles. The quantitative estimate of drug-likeness (QED) is 0.691. The van der Waals surface area contributed by atoms with Gasteiger partial charge in [0, 0.05) is 55.8 Å². The van der Waals surface area contributed by atoms with Crippen LogP contribution in [0.5, 0.6) is 0 Å². The number of nitrogens with one attached hydrogen (secondary N) is 1. The summed E-state index contributed by atoms with van der Waals surface area (Å²) in [6, 6.07) is 15.7. The van der Waals surface area contributed by atoms with Crippen molar-refractivity contribution < 1.29 is 4.79 Å². The molecule has 138 valence electrons. The molecule has 1 aliphatic heterocycles. The van der Waals surface area contributed by atoms with Gasteiger partial charge in [-0.25, -0.2) is 0 Å². The van der Waals surface area contributed by atoms with Gasteiger partial charge in [-0.05, 0) is 43.3 Å². The molecule has 1 saturated heterocycles. The Balaban J connectivity index is 1.51. The van der Waals surface area contributed by atoms with Crippen LogP contribution >= 0.6 is 0 Å². The number of nitrogen functional groups attached to an aromatic ring is 1. The largest absolute Gasteiger partial charge is 0.399 e. The summed E-state index contributed by atoms with van der Waals surface area (Å²) in [6.45, 7) is 7.05. The lowest BCUT2D eigenvalue weighted by Gasteiger charge is -2.37. The van der Waals surface area contributed by atoms with Crippen molar-refractivity contribution in [2.45, 2.75) is 13.0 Å². The normalized spacial score (nSPS) is 16.3. The first-order valence-corrected chi connectivity index (χ1v) is 9.01. The lowest BCUT2D eigenvalue weighted by atomic mass is 10.1. The highest BCUT2D eigenvalue weighted by Crippen LogP contribution is 2.19. The van der Waals surface area contributed by atoms with Gasteiger partial charge in [-0.1, -0.05) is 12.1 Å². The smallest absolute Gasteiger partial charge is 0.250 e. The van der Waals surface area contributed by atoms with Crippen molar-refractivity contribution in [1.29, 1.82) is 0 Å². The Morgan fingerprint density at radius 1 is 1.08 bits per heavy atom. The van der Waals surface area contributed by atoms with Crippen LogP contribution in [0.1, 0.15) is 17.3 Å². The number of amides is 1. The van der Waals surface area contributed by atoms with E-state index in [9.17, 15) is 4.79 Å². The maximum Gasteiger partial charge on any atom is 0.250 e. The lowest BCUT2D eigenvalue weighted by Crippen LogP contribution is -2.49. The van der Waals surface area contributed by atoms with Crippen LogP contribution in [0.15, 0.2) is 48.5 Å². The molecule has 2 aromatic carbocycles. The molecule has 26 heavy (non-hydrogen) atoms. The summed E-state index contributed by atoms with van der Waals surface area (Å²) >= 11 is 0. The van der Waals surface area contributed by atoms with Gasteiger partial charge in [-0.15, -0.1) is 0 Å². The molecule has 0 bridgehead atoms. The maximum atomic E-state index is 11.5. The molecular formula is C20H27N5O. The Kier molecular flexibility index (Phi) is 5.63. The number of carbonyl (C=O) groups excluding carboxylic acids is 1. The van der Waals surface area contributed by atoms with Gasteiger partial charge in [-0.3, -0.25) is 9.69 Å². The average Bonchev–Trinajstić information content (AvgIpc) is 2.63. The van der Waals surface area contributed by atoms with E-state index in [1.54, 1.807) is 6.07 Å². The highest BCUT2D eigenvalue weighted by Gasteiger charge is 2.19. The first kappa shape index (κ1) is 18.1. The van der Waals surface area contributed by atoms with E-state index in [4.69, 9.17) is 11.5 Å². The maximum absolute atomic E-state index is 11.5. The fraction of sp³-hybridized carbons (Fsp3) is 0.350. The minimum atomic E-state index is -0.405. The molecule has 0 spiro atoms. The van der Waals surface area contributed by atoms with Crippen LogP contribution < -0.4 is 21.7 Å². The van der Waals surface area contributed by atoms with Crippen molar-refractivity contribution >= 4 is 23.0 Å². The summed E-state index contributed by atoms with van der Waals surface area (Å²) in [5, 5.41) is 3.42. The molecule has 5 N–H and O–H groups in total. The zero-order valence-corrected chi connectivity index (χ0v) is 15.2. The summed E-state index contributed by atoms with van der Waals surface area (Å²) < 4.78 is 0. The van der Waals surface area contributed by atoms with E-state index in [1.807, 2.05) is 30.3 Å². The zero-order chi connectivity index (χ0) is 18.5. The third kappa shape index (κ3) is 4.46. The van der Waals surface area contributed by atoms with Crippen molar-refractivity contribution in [3.63, 3.8) is 0 Å². The number of nitrogens with two attached hydrogens (primary N) is 2. The Morgan fingerprint density at radius 2 is 1.73 bits per heavy atom. The highest BCUT2D eigenvalue weighted by atomic mass is 16.1. The topological polar surface area (TPSA) is 87.6 Å². The van der Waals surface area contributed by atoms with Gasteiger partial charge in [0.05, 0.1) is 5.56 Å². The Morgan fingerprint density at radius 3 is 2.38 bits per heavy atom. The zero-order valence-electron chi connectivity index (χ0n) is 15.2. The molecule has 1 fully saturated rings. The van der Waals surface area contributed by atoms with Gasteiger partial charge in [0.1, 0.15) is 0 Å². The minimum Gasteiger partial charge on any atom is -0.399 e. The van der Waals surface area contributed by atoms with E-state index in [2.05, 4.69) is 34.2 Å². The van der Waals surface area contributed by atoms with Crippen LogP contribution in [-0.2, 0) is 0 Å². The van der Waals surface area contributed by atoms with Crippen molar-refractivity contribution in [2.24, 2.45) is 5.73 Å². The summed E-state index contributed by atoms with van der Waals surface area (Å²) in [5.74, 6) is -0.405. The van der Waals surface area contributed by atoms with Gasteiger partial charge in [0.2, 0.25) is 0 Å². The third-order valence-electron chi connectivity index (χ3n) is 4.76. The van der Waals surface area contributed by atoms with Crippen LogP contribution in [0.2, 0.25) is 0 Å². The van der Waals surface area contributed by atoms with E-state index in [1.165, 1.54) is 5.69 Å². The number of benzene rings is 2. The Bertz CT molecular complexity index is 738. The molecule has 1 amide bonds. The lowest BCUT2D eigenvalue weighted by molar-refractivity contribution is 0.100. The van der Waals surface area contributed by atoms with Gasteiger partial charge in [0.25, 0.3) is 5.91 Å². The first-order chi connectivity index (χ1) is 12.5. The second kappa shape index (κ2) is 8.10. The summed E-state index contributed by atoms with van der Waals surface area (Å²) in [5.41, 5.74) is 14.6. The van der Waals surface area contributed by atoms with Crippen molar-refractivity contribution in [1.82, 2.24) is 4.90 Å². The fourth-order valence-electron chi connectivity index (χ4n) is 3.40. The monoisotopic (exact) mass is 353 g/mol. The second-order valence-electron chi connectivity index (χ2n) is 6.83. The van der Waals surface area contributed by atoms with E-state index in [0.717, 1.165) is 44.1 Å². The number of piperazine rings is 1. The predicted molar refractivity (Wildman–Crippen MR) is 108 cm³/mol. The SMILES string of the molecule is CC(CN1CCN(c2ccc(N)cc2)CC1)Nc1ccccc1C(N)=O. The van der Waals surface area contributed by atoms with Crippen LogP contribution in [0.25, 0.3) is 0 Å². The van der Waals surface area contributed by atoms with Crippen molar-refractivity contribution in [2.75, 3.05) is 48.7 Å². The number of nitrogens with zero attached hydrogens (tertiary/aromatic N) is 2. The van der Waals surface area contributed by atoms with Gasteiger partial charge < -0.3 is 21.7 Å². The molecule has 0 aliphatic carbocycles. The predicted octanol–water partition coefficient (Wildman–Crippen LogP) is 1.99. The van der Waals surface area contributed by atoms with Crippen molar-refractivity contribution in [3.05, 3.63) is 54.1 Å². The Labute approximate surface area is 154 Å². The molecule has 6 heteroatoms. The average molecular weight is 353 g/mol. The molecule has 0 radical (unpaired) electrons. The van der Waals surface area contributed by atoms with E-state index >= 15 is 0 Å². The van der Waals surface area contributed by atoms with E-state index in [0.29, 0.717) is 5.56 Å². The third-order valence-corrected chi connectivity index (χ3v) is 4.76. The molecule has 1 atom stereocenters. The first-order valence-electron chi connectivity index (χ1n) is 9.01. The summed E-state index contributed by atoms with van der Waals surface area (Å²) in [6.07, 6.45) is 0. The molecular weight excluding hydrogens is 326 g/mol. The van der Waals surface area contributed by atoms with Crippen LogP contribution in [0.4, 0.5) is 17.1 Å². The molecule has 3 rings (SSSR count).